The number of carbonyl (C=O) groups is 1. The molecule has 2 aromatic rings. The maximum Gasteiger partial charge on any atom is 0.341 e. The van der Waals surface area contributed by atoms with Crippen LogP contribution in [0.25, 0.3) is 11.6 Å². The van der Waals surface area contributed by atoms with Crippen molar-refractivity contribution in [3.63, 3.8) is 0 Å². The van der Waals surface area contributed by atoms with Crippen molar-refractivity contribution in [1.82, 2.24) is 0 Å². The highest BCUT2D eigenvalue weighted by Crippen LogP contribution is 2.24. The minimum atomic E-state index is -0.562. The third-order valence-corrected chi connectivity index (χ3v) is 4.11. The molecule has 0 unspecified atom stereocenters. The molecule has 0 aliphatic rings. The van der Waals surface area contributed by atoms with Crippen molar-refractivity contribution in [2.24, 2.45) is 5.16 Å². The van der Waals surface area contributed by atoms with E-state index in [1.807, 2.05) is 0 Å². The van der Waals surface area contributed by atoms with E-state index in [9.17, 15) is 9.18 Å². The summed E-state index contributed by atoms with van der Waals surface area (Å²) in [6, 6.07) is 13.0. The molecule has 0 aliphatic heterocycles. The molecule has 0 fully saturated rings. The summed E-state index contributed by atoms with van der Waals surface area (Å²) in [5.41, 5.74) is 1.97. The first kappa shape index (κ1) is 23.0. The van der Waals surface area contributed by atoms with Crippen LogP contribution in [-0.4, -0.2) is 33.2 Å². The Hall–Kier alpha value is -3.32. The number of benzene rings is 2. The Morgan fingerprint density at radius 1 is 1.10 bits per heavy atom. The zero-order valence-corrected chi connectivity index (χ0v) is 17.5. The van der Waals surface area contributed by atoms with Gasteiger partial charge in [-0.2, -0.15) is 0 Å². The maximum absolute atomic E-state index is 13.2. The second kappa shape index (κ2) is 11.6. The third kappa shape index (κ3) is 6.35. The summed E-state index contributed by atoms with van der Waals surface area (Å²) >= 11 is 6.35. The van der Waals surface area contributed by atoms with Gasteiger partial charge in [0.25, 0.3) is 5.90 Å². The predicted octanol–water partition coefficient (Wildman–Crippen LogP) is 4.74. The highest BCUT2D eigenvalue weighted by molar-refractivity contribution is 6.44. The second-order valence-electron chi connectivity index (χ2n) is 5.84. The molecule has 0 amide bonds. The third-order valence-electron chi connectivity index (χ3n) is 3.84. The van der Waals surface area contributed by atoms with Crippen LogP contribution in [0.15, 0.2) is 65.0 Å². The van der Waals surface area contributed by atoms with E-state index in [2.05, 4.69) is 5.16 Å². The van der Waals surface area contributed by atoms with Gasteiger partial charge in [-0.05, 0) is 40.1 Å². The predicted molar refractivity (Wildman–Crippen MR) is 113 cm³/mol. The molecule has 0 heterocycles. The van der Waals surface area contributed by atoms with Gasteiger partial charge in [0.05, 0.1) is 27.6 Å². The van der Waals surface area contributed by atoms with Crippen molar-refractivity contribution in [2.45, 2.75) is 6.61 Å². The molecule has 2 rings (SSSR count). The molecule has 0 radical (unpaired) electrons. The summed E-state index contributed by atoms with van der Waals surface area (Å²) in [7, 11) is 4.10. The molecule has 2 aromatic carbocycles. The molecule has 0 N–H and O–H groups in total. The number of carbonyl (C=O) groups excluding carboxylic acids is 1. The van der Waals surface area contributed by atoms with Gasteiger partial charge in [0.2, 0.25) is 0 Å². The van der Waals surface area contributed by atoms with Gasteiger partial charge in [-0.25, -0.2) is 9.18 Å². The monoisotopic (exact) mass is 433 g/mol. The quantitative estimate of drug-likeness (QED) is 0.150. The molecule has 0 bridgehead atoms. The Morgan fingerprint density at radius 3 is 2.53 bits per heavy atom. The number of oxime groups is 1. The Kier molecular flexibility index (Phi) is 8.90. The number of nitrogens with zero attached hydrogens (tertiary/aromatic N) is 1. The van der Waals surface area contributed by atoms with Crippen LogP contribution in [0.3, 0.4) is 0 Å². The lowest BCUT2D eigenvalue weighted by Crippen LogP contribution is -2.07. The summed E-state index contributed by atoms with van der Waals surface area (Å²) in [4.78, 5) is 17.3. The lowest BCUT2D eigenvalue weighted by molar-refractivity contribution is -0.133. The minimum Gasteiger partial charge on any atom is -0.503 e. The van der Waals surface area contributed by atoms with Crippen molar-refractivity contribution in [2.75, 3.05) is 21.3 Å². The van der Waals surface area contributed by atoms with Crippen LogP contribution >= 0.6 is 11.6 Å². The number of ether oxygens (including phenoxy) is 3. The van der Waals surface area contributed by atoms with E-state index >= 15 is 0 Å². The van der Waals surface area contributed by atoms with Gasteiger partial charge in [0.15, 0.2) is 0 Å². The summed E-state index contributed by atoms with van der Waals surface area (Å²) in [5, 5.41) is 4.00. The van der Waals surface area contributed by atoms with Gasteiger partial charge in [0, 0.05) is 0 Å². The first-order chi connectivity index (χ1) is 14.5. The molecule has 158 valence electrons. The van der Waals surface area contributed by atoms with Gasteiger partial charge >= 0.3 is 5.97 Å². The van der Waals surface area contributed by atoms with E-state index in [0.29, 0.717) is 16.7 Å². The summed E-state index contributed by atoms with van der Waals surface area (Å²) in [5.74, 6) is -0.918. The van der Waals surface area contributed by atoms with E-state index in [-0.39, 0.29) is 28.9 Å². The highest BCUT2D eigenvalue weighted by atomic mass is 35.5. The van der Waals surface area contributed by atoms with Crippen LogP contribution in [0.1, 0.15) is 16.7 Å². The molecule has 0 spiro atoms. The molecule has 8 heteroatoms. The maximum atomic E-state index is 13.2. The smallest absolute Gasteiger partial charge is 0.341 e. The number of methoxy groups -OCH3 is 3. The fourth-order valence-electron chi connectivity index (χ4n) is 2.49. The van der Waals surface area contributed by atoms with E-state index in [1.165, 1.54) is 39.7 Å². The number of esters is 1. The van der Waals surface area contributed by atoms with Crippen LogP contribution in [0.4, 0.5) is 4.39 Å². The topological polar surface area (TPSA) is 66.4 Å². The normalized spacial score (nSPS) is 12.4. The Labute approximate surface area is 179 Å². The number of hydrogen-bond donors (Lipinski definition) is 0. The zero-order chi connectivity index (χ0) is 21.9. The molecule has 6 nitrogen and oxygen atoms in total. The number of hydrogen-bond acceptors (Lipinski definition) is 6. The molecule has 0 aliphatic carbocycles. The van der Waals surface area contributed by atoms with Crippen LogP contribution < -0.4 is 0 Å². The first-order valence-electron chi connectivity index (χ1n) is 8.76. The zero-order valence-electron chi connectivity index (χ0n) is 16.7. The van der Waals surface area contributed by atoms with Crippen LogP contribution in [0, 0.1) is 5.82 Å². The summed E-state index contributed by atoms with van der Waals surface area (Å²) in [6.45, 7) is 0.0362. The van der Waals surface area contributed by atoms with Crippen LogP contribution in [0.2, 0.25) is 0 Å². The van der Waals surface area contributed by atoms with E-state index in [1.54, 1.807) is 42.5 Å². The molecule has 0 saturated heterocycles. The lowest BCUT2D eigenvalue weighted by Gasteiger charge is -2.10. The fraction of sp³-hybridized carbons (Fsp3) is 0.182. The van der Waals surface area contributed by atoms with E-state index < -0.39 is 5.97 Å². The molecule has 0 aromatic heterocycles. The molecular formula is C22H21ClFNO5. The molecule has 30 heavy (non-hydrogen) atoms. The first-order valence-corrected chi connectivity index (χ1v) is 9.14. The van der Waals surface area contributed by atoms with Crippen molar-refractivity contribution >= 4 is 35.1 Å². The van der Waals surface area contributed by atoms with E-state index in [4.69, 9.17) is 30.6 Å². The van der Waals surface area contributed by atoms with Gasteiger partial charge in [-0.3, -0.25) is 0 Å². The van der Waals surface area contributed by atoms with Gasteiger partial charge < -0.3 is 19.0 Å². The largest absolute Gasteiger partial charge is 0.503 e. The van der Waals surface area contributed by atoms with Crippen molar-refractivity contribution in [3.05, 3.63) is 82.3 Å². The fourth-order valence-corrected chi connectivity index (χ4v) is 2.72. The van der Waals surface area contributed by atoms with Crippen molar-refractivity contribution in [3.8, 4) is 0 Å². The minimum absolute atomic E-state index is 0.0122. The average molecular weight is 434 g/mol. The Balaban J connectivity index is 2.28. The van der Waals surface area contributed by atoms with Gasteiger partial charge in [0.1, 0.15) is 23.0 Å². The second-order valence-corrected chi connectivity index (χ2v) is 6.25. The lowest BCUT2D eigenvalue weighted by atomic mass is 10.00. The van der Waals surface area contributed by atoms with Gasteiger partial charge in [-0.1, -0.05) is 48.0 Å². The Morgan fingerprint density at radius 2 is 1.87 bits per heavy atom. The standard InChI is InChI=1S/C22H21ClFNO5/c1-27-14-19(22(26)29-3)18-10-5-4-8-16(18)12-20(23)21(28-2)25-30-13-15-7-6-9-17(24)11-15/h4-12,14H,13H2,1-3H3/b19-14+,20-12?,25-21-. The highest BCUT2D eigenvalue weighted by Gasteiger charge is 2.17. The van der Waals surface area contributed by atoms with Crippen molar-refractivity contribution < 1.29 is 28.2 Å². The number of rotatable bonds is 8. The van der Waals surface area contributed by atoms with Crippen LogP contribution in [-0.2, 0) is 30.4 Å². The summed E-state index contributed by atoms with van der Waals surface area (Å²) in [6.07, 6.45) is 2.86. The molecule has 0 saturated carbocycles. The SMILES string of the molecule is CO/C=C(/C(=O)OC)c1ccccc1C=C(Cl)/C(=N/OCc1cccc(F)c1)OC. The van der Waals surface area contributed by atoms with E-state index in [0.717, 1.165) is 0 Å². The van der Waals surface area contributed by atoms with Crippen LogP contribution in [0.5, 0.6) is 0 Å². The average Bonchev–Trinajstić information content (AvgIpc) is 2.75. The number of halogens is 2. The molecule has 0 atom stereocenters. The summed E-state index contributed by atoms with van der Waals surface area (Å²) < 4.78 is 28.2. The van der Waals surface area contributed by atoms with Gasteiger partial charge in [-0.15, -0.1) is 0 Å². The van der Waals surface area contributed by atoms with Crippen molar-refractivity contribution in [1.29, 1.82) is 0 Å². The Bertz CT molecular complexity index is 972. The molecular weight excluding hydrogens is 413 g/mol.